The number of phosphoric acid groups is 2. The molecule has 19 heteroatoms. The molecule has 0 fully saturated rings. The zero-order valence-corrected chi connectivity index (χ0v) is 48.7. The second-order valence-electron chi connectivity index (χ2n) is 20.4. The highest BCUT2D eigenvalue weighted by Gasteiger charge is 2.30. The van der Waals surface area contributed by atoms with E-state index >= 15 is 0 Å². The zero-order valence-electron chi connectivity index (χ0n) is 47.0. The fourth-order valence-corrected chi connectivity index (χ4v) is 9.57. The standard InChI is InChI=1S/C55H106O17P2/c1-6-9-12-15-17-25-29-34-39-53(58)66-45-51(72-55(60)41-36-31-26-22-20-18-19-21-24-28-32-37-48(4)5)47-70-74(63,64)68-43-49(56)42-67-73(61,62)69-46-50(44-65-52(57)38-33-27-14-11-8-3)71-54(59)40-35-30-23-16-13-10-7-2/h48-51,56H,6-47H2,1-5H3,(H,61,62)(H,63,64)/t49-,50+,51+/m0/s1. The minimum absolute atomic E-state index is 0.103. The lowest BCUT2D eigenvalue weighted by atomic mass is 10.0. The first kappa shape index (κ1) is 72.1. The maximum Gasteiger partial charge on any atom is 0.472 e. The van der Waals surface area contributed by atoms with E-state index in [9.17, 15) is 43.2 Å². The molecule has 0 aromatic heterocycles. The monoisotopic (exact) mass is 1100 g/mol. The van der Waals surface area contributed by atoms with Crippen molar-refractivity contribution < 1.29 is 80.2 Å². The van der Waals surface area contributed by atoms with E-state index in [0.717, 1.165) is 121 Å². The van der Waals surface area contributed by atoms with Crippen molar-refractivity contribution in [1.82, 2.24) is 0 Å². The van der Waals surface area contributed by atoms with E-state index in [4.69, 9.17) is 37.0 Å². The topological polar surface area (TPSA) is 237 Å². The molecule has 0 rings (SSSR count). The molecule has 0 heterocycles. The molecule has 0 aromatic carbocycles. The number of hydrogen-bond donors (Lipinski definition) is 3. The van der Waals surface area contributed by atoms with Gasteiger partial charge in [0.25, 0.3) is 0 Å². The predicted octanol–water partition coefficient (Wildman–Crippen LogP) is 14.3. The fourth-order valence-electron chi connectivity index (χ4n) is 7.99. The number of ether oxygens (including phenoxy) is 4. The Morgan fingerprint density at radius 2 is 0.622 bits per heavy atom. The molecule has 0 aliphatic heterocycles. The molecule has 17 nitrogen and oxygen atoms in total. The van der Waals surface area contributed by atoms with Crippen molar-refractivity contribution >= 4 is 39.5 Å². The molecule has 0 amide bonds. The van der Waals surface area contributed by atoms with E-state index in [1.54, 1.807) is 0 Å². The summed E-state index contributed by atoms with van der Waals surface area (Å²) in [7, 11) is -9.85. The largest absolute Gasteiger partial charge is 0.472 e. The number of unbranched alkanes of at least 4 members (excludes halogenated alkanes) is 27. The van der Waals surface area contributed by atoms with Crippen molar-refractivity contribution in [2.24, 2.45) is 5.92 Å². The number of rotatable bonds is 55. The van der Waals surface area contributed by atoms with Crippen LogP contribution in [-0.4, -0.2) is 96.7 Å². The molecule has 0 saturated heterocycles. The predicted molar refractivity (Wildman–Crippen MR) is 289 cm³/mol. The van der Waals surface area contributed by atoms with E-state index in [1.165, 1.54) is 64.2 Å². The van der Waals surface area contributed by atoms with Gasteiger partial charge in [-0.2, -0.15) is 0 Å². The number of esters is 4. The maximum atomic E-state index is 12.9. The minimum atomic E-state index is -4.93. The highest BCUT2D eigenvalue weighted by atomic mass is 31.2. The maximum absolute atomic E-state index is 12.9. The number of carbonyl (C=O) groups excluding carboxylic acids is 4. The van der Waals surface area contributed by atoms with E-state index in [0.29, 0.717) is 25.7 Å². The van der Waals surface area contributed by atoms with Gasteiger partial charge in [-0.05, 0) is 31.6 Å². The third-order valence-electron chi connectivity index (χ3n) is 12.5. The van der Waals surface area contributed by atoms with E-state index < -0.39 is 97.5 Å². The summed E-state index contributed by atoms with van der Waals surface area (Å²) in [5.41, 5.74) is 0. The first-order chi connectivity index (χ1) is 35.5. The quantitative estimate of drug-likeness (QED) is 0.0222. The summed E-state index contributed by atoms with van der Waals surface area (Å²) in [5.74, 6) is -1.40. The summed E-state index contributed by atoms with van der Waals surface area (Å²) in [5, 5.41) is 10.4. The van der Waals surface area contributed by atoms with Crippen LogP contribution >= 0.6 is 15.6 Å². The Morgan fingerprint density at radius 1 is 0.365 bits per heavy atom. The van der Waals surface area contributed by atoms with Crippen molar-refractivity contribution in [3.8, 4) is 0 Å². The summed E-state index contributed by atoms with van der Waals surface area (Å²) in [4.78, 5) is 71.3. The van der Waals surface area contributed by atoms with Gasteiger partial charge >= 0.3 is 39.5 Å². The molecule has 0 saturated carbocycles. The first-order valence-electron chi connectivity index (χ1n) is 29.1. The van der Waals surface area contributed by atoms with Crippen LogP contribution in [0.25, 0.3) is 0 Å². The van der Waals surface area contributed by atoms with E-state index in [2.05, 4.69) is 34.6 Å². The van der Waals surface area contributed by atoms with E-state index in [-0.39, 0.29) is 25.7 Å². The molecule has 0 aliphatic carbocycles. The van der Waals surface area contributed by atoms with Crippen LogP contribution in [0.2, 0.25) is 0 Å². The molecule has 0 aromatic rings. The van der Waals surface area contributed by atoms with Crippen molar-refractivity contribution in [3.63, 3.8) is 0 Å². The van der Waals surface area contributed by atoms with E-state index in [1.807, 2.05) is 0 Å². The van der Waals surface area contributed by atoms with Crippen molar-refractivity contribution in [1.29, 1.82) is 0 Å². The van der Waals surface area contributed by atoms with Crippen LogP contribution in [0.15, 0.2) is 0 Å². The highest BCUT2D eigenvalue weighted by molar-refractivity contribution is 7.47. The number of phosphoric ester groups is 2. The summed E-state index contributed by atoms with van der Waals surface area (Å²) >= 11 is 0. The van der Waals surface area contributed by atoms with Gasteiger partial charge in [-0.15, -0.1) is 0 Å². The van der Waals surface area contributed by atoms with Gasteiger partial charge in [0.1, 0.15) is 19.3 Å². The Kier molecular flexibility index (Phi) is 48.1. The Morgan fingerprint density at radius 3 is 0.919 bits per heavy atom. The van der Waals surface area contributed by atoms with Crippen LogP contribution in [0.5, 0.6) is 0 Å². The number of carbonyl (C=O) groups is 4. The molecule has 3 N–H and O–H groups in total. The molecule has 438 valence electrons. The summed E-state index contributed by atoms with van der Waals surface area (Å²) in [6.07, 6.45) is 29.9. The minimum Gasteiger partial charge on any atom is -0.462 e. The number of aliphatic hydroxyl groups is 1. The number of hydrogen-bond acceptors (Lipinski definition) is 15. The van der Waals surface area contributed by atoms with Crippen LogP contribution in [0.1, 0.15) is 266 Å². The highest BCUT2D eigenvalue weighted by Crippen LogP contribution is 2.45. The summed E-state index contributed by atoms with van der Waals surface area (Å²) in [6.45, 7) is 6.97. The fraction of sp³-hybridized carbons (Fsp3) is 0.927. The Hall–Kier alpha value is -1.94. The van der Waals surface area contributed by atoms with Gasteiger partial charge in [0.05, 0.1) is 26.4 Å². The van der Waals surface area contributed by atoms with Gasteiger partial charge in [0, 0.05) is 25.7 Å². The zero-order chi connectivity index (χ0) is 55.0. The van der Waals surface area contributed by atoms with Gasteiger partial charge in [-0.25, -0.2) is 9.13 Å². The molecule has 5 atom stereocenters. The van der Waals surface area contributed by atoms with Crippen molar-refractivity contribution in [3.05, 3.63) is 0 Å². The van der Waals surface area contributed by atoms with Gasteiger partial charge in [0.2, 0.25) is 0 Å². The van der Waals surface area contributed by atoms with Gasteiger partial charge in [0.15, 0.2) is 12.2 Å². The molecular weight excluding hydrogens is 995 g/mol. The lowest BCUT2D eigenvalue weighted by Gasteiger charge is -2.21. The molecule has 74 heavy (non-hydrogen) atoms. The summed E-state index contributed by atoms with van der Waals surface area (Å²) < 4.78 is 67.3. The van der Waals surface area contributed by atoms with Gasteiger partial charge < -0.3 is 33.8 Å². The molecule has 0 radical (unpaired) electrons. The second kappa shape index (κ2) is 49.4. The Bertz CT molecular complexity index is 1470. The Balaban J connectivity index is 5.14. The average molecular weight is 1100 g/mol. The molecule has 0 aliphatic rings. The average Bonchev–Trinajstić information content (AvgIpc) is 3.36. The van der Waals surface area contributed by atoms with Crippen LogP contribution in [0.4, 0.5) is 0 Å². The van der Waals surface area contributed by atoms with Crippen LogP contribution in [0, 0.1) is 5.92 Å². The smallest absolute Gasteiger partial charge is 0.462 e. The third-order valence-corrected chi connectivity index (χ3v) is 14.4. The lowest BCUT2D eigenvalue weighted by Crippen LogP contribution is -2.30. The first-order valence-corrected chi connectivity index (χ1v) is 32.1. The van der Waals surface area contributed by atoms with Crippen LogP contribution in [-0.2, 0) is 65.4 Å². The number of aliphatic hydroxyl groups excluding tert-OH is 1. The normalized spacial score (nSPS) is 14.5. The van der Waals surface area contributed by atoms with Crippen LogP contribution < -0.4 is 0 Å². The van der Waals surface area contributed by atoms with Gasteiger partial charge in [-0.1, -0.05) is 214 Å². The molecule has 2 unspecified atom stereocenters. The van der Waals surface area contributed by atoms with Crippen LogP contribution in [0.3, 0.4) is 0 Å². The van der Waals surface area contributed by atoms with Crippen molar-refractivity contribution in [2.45, 2.75) is 284 Å². The van der Waals surface area contributed by atoms with Gasteiger partial charge in [-0.3, -0.25) is 37.3 Å². The molecule has 0 spiro atoms. The Labute approximate surface area is 447 Å². The second-order valence-corrected chi connectivity index (χ2v) is 23.4. The SMILES string of the molecule is CCCCCCCCCCC(=O)OC[C@H](COP(=O)(O)OC[C@@H](O)COP(=O)(O)OC[C@@H](COC(=O)CCCCCCC)OC(=O)CCCCCCCCC)OC(=O)CCCCCCCCCCCCCC(C)C. The molecular formula is C55H106O17P2. The summed E-state index contributed by atoms with van der Waals surface area (Å²) in [6, 6.07) is 0. The van der Waals surface area contributed by atoms with Crippen molar-refractivity contribution in [2.75, 3.05) is 39.6 Å². The molecule has 0 bridgehead atoms. The third kappa shape index (κ3) is 49.6. The lowest BCUT2D eigenvalue weighted by molar-refractivity contribution is -0.161.